The second-order valence-electron chi connectivity index (χ2n) is 5.31. The van der Waals surface area contributed by atoms with Gasteiger partial charge in [0.05, 0.1) is 5.56 Å². The number of rotatable bonds is 6. The number of hydrogen-bond donors (Lipinski definition) is 1. The lowest BCUT2D eigenvalue weighted by Crippen LogP contribution is -2.19. The van der Waals surface area contributed by atoms with Gasteiger partial charge in [0.1, 0.15) is 5.75 Å². The minimum absolute atomic E-state index is 0.0245. The lowest BCUT2D eigenvalue weighted by Gasteiger charge is -2.14. The molecule has 0 aliphatic heterocycles. The Hall–Kier alpha value is -2.22. The maximum absolute atomic E-state index is 12.9. The van der Waals surface area contributed by atoms with Crippen LogP contribution in [-0.4, -0.2) is 12.8 Å². The van der Waals surface area contributed by atoms with Crippen LogP contribution >= 0.6 is 0 Å². The van der Waals surface area contributed by atoms with Gasteiger partial charge in [0.15, 0.2) is 6.61 Å². The smallest absolute Gasteiger partial charge is 0.422 e. The molecule has 0 spiro atoms. The zero-order valence-electron chi connectivity index (χ0n) is 12.9. The average Bonchev–Trinajstić information content (AvgIpc) is 2.52. The zero-order valence-corrected chi connectivity index (χ0v) is 12.9. The van der Waals surface area contributed by atoms with Crippen LogP contribution in [0, 0.1) is 0 Å². The molecule has 25 heavy (non-hydrogen) atoms. The largest absolute Gasteiger partial charge is 0.484 e. The van der Waals surface area contributed by atoms with Gasteiger partial charge in [-0.15, -0.1) is 0 Å². The van der Waals surface area contributed by atoms with E-state index in [1.165, 1.54) is 36.4 Å². The molecule has 8 heteroatoms. The molecule has 0 saturated carbocycles. The number of benzene rings is 2. The number of ether oxygens (including phenoxy) is 1. The van der Waals surface area contributed by atoms with Crippen LogP contribution < -0.4 is 10.1 Å². The van der Waals surface area contributed by atoms with E-state index in [0.29, 0.717) is 5.56 Å². The van der Waals surface area contributed by atoms with E-state index in [-0.39, 0.29) is 24.4 Å². The number of hydrogen-bond acceptors (Lipinski definition) is 2. The zero-order chi connectivity index (χ0) is 18.5. The van der Waals surface area contributed by atoms with Crippen LogP contribution in [-0.2, 0) is 19.3 Å². The van der Waals surface area contributed by atoms with E-state index in [2.05, 4.69) is 10.1 Å². The average molecular weight is 363 g/mol. The van der Waals surface area contributed by atoms with Crippen LogP contribution in [0.1, 0.15) is 16.7 Å². The highest BCUT2D eigenvalue weighted by Crippen LogP contribution is 2.31. The fourth-order valence-corrected chi connectivity index (χ4v) is 2.20. The first-order valence-corrected chi connectivity index (χ1v) is 7.29. The summed E-state index contributed by atoms with van der Waals surface area (Å²) in [7, 11) is 0. The first-order valence-electron chi connectivity index (χ1n) is 7.29. The van der Waals surface area contributed by atoms with Gasteiger partial charge >= 0.3 is 12.4 Å². The summed E-state index contributed by atoms with van der Waals surface area (Å²) in [5.74, 6) is 0.0484. The molecule has 0 aromatic heterocycles. The summed E-state index contributed by atoms with van der Waals surface area (Å²) in [5, 5.41) is 2.85. The van der Waals surface area contributed by atoms with Crippen molar-refractivity contribution in [3.05, 3.63) is 65.2 Å². The molecule has 2 aromatic carbocycles. The molecule has 0 saturated heterocycles. The van der Waals surface area contributed by atoms with Crippen molar-refractivity contribution in [1.29, 1.82) is 0 Å². The monoisotopic (exact) mass is 363 g/mol. The molecule has 0 radical (unpaired) electrons. The molecule has 0 heterocycles. The maximum atomic E-state index is 12.9. The molecule has 2 aromatic rings. The normalized spacial score (nSPS) is 12.2. The lowest BCUT2D eigenvalue weighted by molar-refractivity contribution is -0.153. The first-order chi connectivity index (χ1) is 11.6. The molecule has 0 unspecified atom stereocenters. The third kappa shape index (κ3) is 6.30. The van der Waals surface area contributed by atoms with E-state index in [4.69, 9.17) is 0 Å². The van der Waals surface area contributed by atoms with Crippen molar-refractivity contribution in [3.8, 4) is 5.75 Å². The van der Waals surface area contributed by atoms with Gasteiger partial charge in [-0.05, 0) is 29.3 Å². The number of halogens is 6. The Morgan fingerprint density at radius 3 is 2.24 bits per heavy atom. The van der Waals surface area contributed by atoms with E-state index in [1.807, 2.05) is 0 Å². The molecule has 2 nitrogen and oxygen atoms in total. The molecule has 0 aliphatic rings. The predicted octanol–water partition coefficient (Wildman–Crippen LogP) is 4.94. The van der Waals surface area contributed by atoms with Crippen molar-refractivity contribution in [3.63, 3.8) is 0 Å². The highest BCUT2D eigenvalue weighted by molar-refractivity contribution is 5.30. The van der Waals surface area contributed by atoms with E-state index in [0.717, 1.165) is 6.07 Å². The fourth-order valence-electron chi connectivity index (χ4n) is 2.20. The Morgan fingerprint density at radius 2 is 1.56 bits per heavy atom. The topological polar surface area (TPSA) is 21.3 Å². The molecule has 136 valence electrons. The summed E-state index contributed by atoms with van der Waals surface area (Å²) in [6.45, 7) is -1.23. The Kier molecular flexibility index (Phi) is 5.94. The molecular weight excluding hydrogens is 348 g/mol. The quantitative estimate of drug-likeness (QED) is 0.735. The summed E-state index contributed by atoms with van der Waals surface area (Å²) in [4.78, 5) is 0. The summed E-state index contributed by atoms with van der Waals surface area (Å²) < 4.78 is 79.7. The SMILES string of the molecule is FC(F)(F)COc1cccc(CNCc2ccccc2C(F)(F)F)c1. The Balaban J connectivity index is 1.95. The fraction of sp³-hybridized carbons (Fsp3) is 0.294. The molecular formula is C17H15F6NO. The summed E-state index contributed by atoms with van der Waals surface area (Å²) >= 11 is 0. The summed E-state index contributed by atoms with van der Waals surface area (Å²) in [6.07, 6.45) is -8.88. The molecule has 0 amide bonds. The van der Waals surface area contributed by atoms with Crippen molar-refractivity contribution in [1.82, 2.24) is 5.32 Å². The maximum Gasteiger partial charge on any atom is 0.422 e. The highest BCUT2D eigenvalue weighted by atomic mass is 19.4. The van der Waals surface area contributed by atoms with Gasteiger partial charge in [0, 0.05) is 13.1 Å². The predicted molar refractivity (Wildman–Crippen MR) is 80.0 cm³/mol. The minimum atomic E-state index is -4.44. The van der Waals surface area contributed by atoms with Crippen LogP contribution in [0.2, 0.25) is 0 Å². The van der Waals surface area contributed by atoms with Gasteiger partial charge in [0.25, 0.3) is 0 Å². The molecule has 0 atom stereocenters. The molecule has 0 fully saturated rings. The first kappa shape index (κ1) is 19.1. The Morgan fingerprint density at radius 1 is 0.840 bits per heavy atom. The summed E-state index contributed by atoms with van der Waals surface area (Å²) in [6, 6.07) is 11.2. The number of nitrogens with one attached hydrogen (secondary N) is 1. The minimum Gasteiger partial charge on any atom is -0.484 e. The van der Waals surface area contributed by atoms with Gasteiger partial charge in [-0.25, -0.2) is 0 Å². The second kappa shape index (κ2) is 7.77. The third-order valence-corrected chi connectivity index (χ3v) is 3.27. The van der Waals surface area contributed by atoms with Crippen LogP contribution in [0.15, 0.2) is 48.5 Å². The van der Waals surface area contributed by atoms with E-state index in [9.17, 15) is 26.3 Å². The molecule has 1 N–H and O–H groups in total. The van der Waals surface area contributed by atoms with Gasteiger partial charge in [-0.2, -0.15) is 26.3 Å². The van der Waals surface area contributed by atoms with Crippen molar-refractivity contribution in [2.45, 2.75) is 25.4 Å². The van der Waals surface area contributed by atoms with E-state index in [1.54, 1.807) is 6.07 Å². The van der Waals surface area contributed by atoms with E-state index >= 15 is 0 Å². The van der Waals surface area contributed by atoms with Crippen molar-refractivity contribution in [2.24, 2.45) is 0 Å². The molecule has 0 aliphatic carbocycles. The van der Waals surface area contributed by atoms with Crippen LogP contribution in [0.25, 0.3) is 0 Å². The van der Waals surface area contributed by atoms with Crippen molar-refractivity contribution in [2.75, 3.05) is 6.61 Å². The van der Waals surface area contributed by atoms with Crippen molar-refractivity contribution >= 4 is 0 Å². The standard InChI is InChI=1S/C17H15F6NO/c18-16(19,20)11-25-14-6-3-4-12(8-14)9-24-10-13-5-1-2-7-15(13)17(21,22)23/h1-8,24H,9-11H2. The van der Waals surface area contributed by atoms with Gasteiger partial charge < -0.3 is 10.1 Å². The third-order valence-electron chi connectivity index (χ3n) is 3.27. The second-order valence-corrected chi connectivity index (χ2v) is 5.31. The Labute approximate surface area is 140 Å². The summed E-state index contributed by atoms with van der Waals surface area (Å²) in [5.41, 5.74) is -0.0200. The van der Waals surface area contributed by atoms with Gasteiger partial charge in [0.2, 0.25) is 0 Å². The van der Waals surface area contributed by atoms with Crippen LogP contribution in [0.5, 0.6) is 5.75 Å². The van der Waals surface area contributed by atoms with Gasteiger partial charge in [-0.1, -0.05) is 30.3 Å². The van der Waals surface area contributed by atoms with Crippen molar-refractivity contribution < 1.29 is 31.1 Å². The Bertz CT molecular complexity index is 696. The highest BCUT2D eigenvalue weighted by Gasteiger charge is 2.32. The lowest BCUT2D eigenvalue weighted by atomic mass is 10.1. The van der Waals surface area contributed by atoms with Crippen LogP contribution in [0.3, 0.4) is 0 Å². The molecule has 0 bridgehead atoms. The van der Waals surface area contributed by atoms with Gasteiger partial charge in [-0.3, -0.25) is 0 Å². The molecule has 2 rings (SSSR count). The van der Waals surface area contributed by atoms with E-state index < -0.39 is 24.5 Å². The number of alkyl halides is 6. The van der Waals surface area contributed by atoms with Crippen LogP contribution in [0.4, 0.5) is 26.3 Å².